The fourth-order valence-corrected chi connectivity index (χ4v) is 3.87. The molecule has 0 saturated carbocycles. The van der Waals surface area contributed by atoms with Crippen molar-refractivity contribution < 1.29 is 23.1 Å². The van der Waals surface area contributed by atoms with Crippen molar-refractivity contribution in [1.29, 1.82) is 0 Å². The average molecular weight is 375 g/mol. The summed E-state index contributed by atoms with van der Waals surface area (Å²) in [5.74, 6) is -0.734. The molecule has 2 aliphatic heterocycles. The molecule has 1 saturated heterocycles. The second kappa shape index (κ2) is 7.04. The van der Waals surface area contributed by atoms with Gasteiger partial charge in [0.25, 0.3) is 11.8 Å². The molecule has 2 amide bonds. The molecular formula is C17H17N3O5S. The topological polar surface area (TPSA) is 116 Å². The van der Waals surface area contributed by atoms with Crippen LogP contribution in [0.5, 0.6) is 5.75 Å². The van der Waals surface area contributed by atoms with Crippen molar-refractivity contribution in [3.05, 3.63) is 59.7 Å². The summed E-state index contributed by atoms with van der Waals surface area (Å²) in [6, 6.07) is 13.7. The first kappa shape index (κ1) is 17.7. The predicted octanol–water partition coefficient (Wildman–Crippen LogP) is 0.546. The maximum Gasteiger partial charge on any atom is 0.326 e. The molecule has 0 bridgehead atoms. The number of nitrogens with zero attached hydrogens (tertiary/aromatic N) is 1. The first-order valence-electron chi connectivity index (χ1n) is 7.86. The van der Waals surface area contributed by atoms with Crippen LogP contribution in [0.4, 0.5) is 5.69 Å². The number of carbonyl (C=O) groups is 2. The zero-order chi connectivity index (χ0) is 18.7. The lowest BCUT2D eigenvalue weighted by Crippen LogP contribution is -2.31. The molecule has 2 aromatic rings. The number of nitrogens with one attached hydrogen (secondary N) is 2. The van der Waals surface area contributed by atoms with E-state index in [0.717, 1.165) is 28.4 Å². The number of hydrogen-bond acceptors (Lipinski definition) is 5. The van der Waals surface area contributed by atoms with Gasteiger partial charge in [0, 0.05) is 12.1 Å². The lowest BCUT2D eigenvalue weighted by Gasteiger charge is -2.15. The molecule has 0 aromatic heterocycles. The van der Waals surface area contributed by atoms with E-state index >= 15 is 0 Å². The minimum absolute atomic E-state index is 0.0619. The van der Waals surface area contributed by atoms with Crippen LogP contribution in [0.2, 0.25) is 0 Å². The number of phenols is 1. The molecule has 2 aromatic carbocycles. The van der Waals surface area contributed by atoms with Crippen LogP contribution in [0.25, 0.3) is 0 Å². The molecule has 2 aliphatic rings. The molecule has 0 unspecified atom stereocenters. The average Bonchev–Trinajstić information content (AvgIpc) is 2.89. The van der Waals surface area contributed by atoms with E-state index in [1.807, 2.05) is 29.0 Å². The SMILES string of the molecule is O=C1CN(c2ccccc2O)S(=O)(=O)N1.O=C1NCCc2ccccc21. The van der Waals surface area contributed by atoms with Crippen LogP contribution in [-0.4, -0.2) is 38.4 Å². The van der Waals surface area contributed by atoms with Gasteiger partial charge in [-0.3, -0.25) is 9.59 Å². The molecule has 0 atom stereocenters. The van der Waals surface area contributed by atoms with Gasteiger partial charge < -0.3 is 10.4 Å². The highest BCUT2D eigenvalue weighted by Crippen LogP contribution is 2.29. The molecule has 3 N–H and O–H groups in total. The third kappa shape index (κ3) is 3.62. The summed E-state index contributed by atoms with van der Waals surface area (Å²) in [6.07, 6.45) is 0.960. The first-order chi connectivity index (χ1) is 12.4. The number of anilines is 1. The van der Waals surface area contributed by atoms with Gasteiger partial charge in [0.2, 0.25) is 0 Å². The number of fused-ring (bicyclic) bond motifs is 1. The molecular weight excluding hydrogens is 358 g/mol. The number of carbonyl (C=O) groups excluding carboxylic acids is 2. The Balaban J connectivity index is 0.000000158. The van der Waals surface area contributed by atoms with Crippen molar-refractivity contribution in [2.24, 2.45) is 0 Å². The standard InChI is InChI=1S/C9H9NO.C8H8N2O4S/c11-9-8-4-2-1-3-7(8)5-6-10-9;11-7-4-2-1-3-6(7)10-5-8(12)9-15(10,13)14/h1-4H,5-6H2,(H,10,11);1-4,11H,5H2,(H,9,12). The van der Waals surface area contributed by atoms with Crippen molar-refractivity contribution in [3.63, 3.8) is 0 Å². The van der Waals surface area contributed by atoms with Crippen LogP contribution in [-0.2, 0) is 21.4 Å². The number of benzene rings is 2. The Bertz CT molecular complexity index is 958. The second-order valence-electron chi connectivity index (χ2n) is 5.69. The van der Waals surface area contributed by atoms with Gasteiger partial charge in [0.15, 0.2) is 0 Å². The van der Waals surface area contributed by atoms with Crippen LogP contribution in [0.1, 0.15) is 15.9 Å². The van der Waals surface area contributed by atoms with Crippen molar-refractivity contribution in [3.8, 4) is 5.75 Å². The summed E-state index contributed by atoms with van der Waals surface area (Å²) < 4.78 is 25.5. The van der Waals surface area contributed by atoms with Gasteiger partial charge in [0.05, 0.1) is 5.69 Å². The highest BCUT2D eigenvalue weighted by atomic mass is 32.2. The predicted molar refractivity (Wildman–Crippen MR) is 95.0 cm³/mol. The smallest absolute Gasteiger partial charge is 0.326 e. The van der Waals surface area contributed by atoms with E-state index in [9.17, 15) is 23.1 Å². The van der Waals surface area contributed by atoms with Gasteiger partial charge in [-0.05, 0) is 30.2 Å². The van der Waals surface area contributed by atoms with Crippen molar-refractivity contribution >= 4 is 27.7 Å². The number of rotatable bonds is 1. The van der Waals surface area contributed by atoms with Crippen molar-refractivity contribution in [2.45, 2.75) is 6.42 Å². The third-order valence-corrected chi connectivity index (χ3v) is 5.30. The normalized spacial score (nSPS) is 17.5. The van der Waals surface area contributed by atoms with E-state index < -0.39 is 16.1 Å². The lowest BCUT2D eigenvalue weighted by molar-refractivity contribution is -0.117. The molecule has 2 heterocycles. The van der Waals surface area contributed by atoms with E-state index in [1.165, 1.54) is 12.1 Å². The molecule has 26 heavy (non-hydrogen) atoms. The zero-order valence-corrected chi connectivity index (χ0v) is 14.5. The maximum atomic E-state index is 11.4. The minimum atomic E-state index is -3.84. The summed E-state index contributed by atoms with van der Waals surface area (Å²) in [4.78, 5) is 22.1. The highest BCUT2D eigenvalue weighted by molar-refractivity contribution is 7.92. The van der Waals surface area contributed by atoms with Crippen LogP contribution < -0.4 is 14.3 Å². The Kier molecular flexibility index (Phi) is 4.81. The number of aromatic hydroxyl groups is 1. The maximum absolute atomic E-state index is 11.4. The molecule has 4 rings (SSSR count). The molecule has 9 heteroatoms. The number of para-hydroxylation sites is 2. The van der Waals surface area contributed by atoms with Crippen LogP contribution >= 0.6 is 0 Å². The van der Waals surface area contributed by atoms with Gasteiger partial charge in [-0.2, -0.15) is 8.42 Å². The molecule has 8 nitrogen and oxygen atoms in total. The van der Waals surface area contributed by atoms with E-state index in [-0.39, 0.29) is 23.9 Å². The minimum Gasteiger partial charge on any atom is -0.506 e. The van der Waals surface area contributed by atoms with Crippen molar-refractivity contribution in [2.75, 3.05) is 17.4 Å². The van der Waals surface area contributed by atoms with Crippen molar-refractivity contribution in [1.82, 2.24) is 10.0 Å². The summed E-state index contributed by atoms with van der Waals surface area (Å²) in [5.41, 5.74) is 2.09. The van der Waals surface area contributed by atoms with Crippen LogP contribution in [0, 0.1) is 0 Å². The Morgan fingerprint density at radius 1 is 1.00 bits per heavy atom. The summed E-state index contributed by atoms with van der Waals surface area (Å²) in [6.45, 7) is 0.468. The number of amides is 2. The van der Waals surface area contributed by atoms with Crippen LogP contribution in [0.15, 0.2) is 48.5 Å². The largest absolute Gasteiger partial charge is 0.506 e. The molecule has 0 aliphatic carbocycles. The van der Waals surface area contributed by atoms with E-state index in [4.69, 9.17) is 0 Å². The first-order valence-corrected chi connectivity index (χ1v) is 9.30. The van der Waals surface area contributed by atoms with Crippen LogP contribution in [0.3, 0.4) is 0 Å². The fraction of sp³-hybridized carbons (Fsp3) is 0.176. The third-order valence-electron chi connectivity index (χ3n) is 3.91. The van der Waals surface area contributed by atoms with Gasteiger partial charge in [0.1, 0.15) is 12.3 Å². The zero-order valence-electron chi connectivity index (χ0n) is 13.7. The molecule has 136 valence electrons. The van der Waals surface area contributed by atoms with Gasteiger partial charge in [-0.1, -0.05) is 30.3 Å². The monoisotopic (exact) mass is 375 g/mol. The number of hydrogen-bond donors (Lipinski definition) is 3. The Morgan fingerprint density at radius 3 is 2.35 bits per heavy atom. The second-order valence-corrected chi connectivity index (χ2v) is 7.28. The van der Waals surface area contributed by atoms with Gasteiger partial charge in [-0.15, -0.1) is 0 Å². The van der Waals surface area contributed by atoms with Gasteiger partial charge >= 0.3 is 10.2 Å². The van der Waals surface area contributed by atoms with E-state index in [0.29, 0.717) is 0 Å². The van der Waals surface area contributed by atoms with Gasteiger partial charge in [-0.25, -0.2) is 9.03 Å². The van der Waals surface area contributed by atoms with E-state index in [2.05, 4.69) is 5.32 Å². The summed E-state index contributed by atoms with van der Waals surface area (Å²) >= 11 is 0. The fourth-order valence-electron chi connectivity index (χ4n) is 2.70. The Hall–Kier alpha value is -3.07. The quantitative estimate of drug-likeness (QED) is 0.673. The Morgan fingerprint density at radius 2 is 1.69 bits per heavy atom. The molecule has 0 radical (unpaired) electrons. The van der Waals surface area contributed by atoms with E-state index in [1.54, 1.807) is 12.1 Å². The highest BCUT2D eigenvalue weighted by Gasteiger charge is 2.35. The molecule has 1 fully saturated rings. The molecule has 0 spiro atoms. The summed E-state index contributed by atoms with van der Waals surface area (Å²) in [7, 11) is -3.84. The summed E-state index contributed by atoms with van der Waals surface area (Å²) in [5, 5.41) is 12.2. The lowest BCUT2D eigenvalue weighted by atomic mass is 10.0. The number of phenolic OH excluding ortho intramolecular Hbond substituents is 1. The Labute approximate surface area is 150 Å².